The van der Waals surface area contributed by atoms with Crippen LogP contribution in [0.5, 0.6) is 0 Å². The first-order chi connectivity index (χ1) is 22.3. The van der Waals surface area contributed by atoms with Crippen LogP contribution in [0.1, 0.15) is 162 Å². The van der Waals surface area contributed by atoms with E-state index >= 15 is 0 Å². The Labute approximate surface area is 283 Å². The molecule has 0 aromatic carbocycles. The highest BCUT2D eigenvalue weighted by Gasteiger charge is 2.24. The van der Waals surface area contributed by atoms with Gasteiger partial charge in [-0.2, -0.15) is 8.42 Å². The van der Waals surface area contributed by atoms with Crippen molar-refractivity contribution in [1.29, 1.82) is 0 Å². The topological polar surface area (TPSA) is 104 Å². The van der Waals surface area contributed by atoms with E-state index in [2.05, 4.69) is 67.8 Å². The molecule has 0 rings (SSSR count). The number of hydrogen-bond acceptors (Lipinski definition) is 4. The van der Waals surface area contributed by atoms with Crippen molar-refractivity contribution in [3.63, 3.8) is 0 Å². The number of hydrogen-bond donors (Lipinski definition) is 3. The summed E-state index contributed by atoms with van der Waals surface area (Å²) in [5.41, 5.74) is 0. The molecular weight excluding hydrogens is 594 g/mol. The number of amides is 1. The van der Waals surface area contributed by atoms with Gasteiger partial charge in [-0.3, -0.25) is 9.35 Å². The van der Waals surface area contributed by atoms with E-state index < -0.39 is 28.0 Å². The van der Waals surface area contributed by atoms with Gasteiger partial charge < -0.3 is 10.4 Å². The first kappa shape index (κ1) is 44.0. The third kappa shape index (κ3) is 33.4. The van der Waals surface area contributed by atoms with Crippen molar-refractivity contribution in [2.45, 2.75) is 174 Å². The van der Waals surface area contributed by atoms with E-state index in [1.807, 2.05) is 0 Å². The van der Waals surface area contributed by atoms with Gasteiger partial charge in [-0.1, -0.05) is 139 Å². The van der Waals surface area contributed by atoms with Crippen LogP contribution >= 0.6 is 0 Å². The fourth-order valence-corrected chi connectivity index (χ4v) is 5.83. The summed E-state index contributed by atoms with van der Waals surface area (Å²) in [7, 11) is -4.36. The summed E-state index contributed by atoms with van der Waals surface area (Å²) in [6.45, 7) is 4.45. The summed E-state index contributed by atoms with van der Waals surface area (Å²) in [5.74, 6) is -1.03. The highest BCUT2D eigenvalue weighted by atomic mass is 32.2. The Morgan fingerprint density at radius 2 is 1.00 bits per heavy atom. The van der Waals surface area contributed by atoms with Gasteiger partial charge in [-0.05, 0) is 77.0 Å². The molecule has 0 bridgehead atoms. The van der Waals surface area contributed by atoms with Gasteiger partial charge in [-0.15, -0.1) is 0 Å². The van der Waals surface area contributed by atoms with E-state index in [0.29, 0.717) is 12.8 Å². The van der Waals surface area contributed by atoms with Gasteiger partial charge in [0, 0.05) is 6.42 Å². The minimum Gasteiger partial charge on any atom is -0.387 e. The number of allylic oxidation sites excluding steroid dienone is 9. The van der Waals surface area contributed by atoms with Crippen molar-refractivity contribution in [3.8, 4) is 0 Å². The fraction of sp³-hybridized carbons (Fsp3) is 0.718. The van der Waals surface area contributed by atoms with Crippen LogP contribution in [-0.4, -0.2) is 41.9 Å². The zero-order chi connectivity index (χ0) is 34.0. The SMILES string of the molecule is CCCCC/C=C\C/C=C\CCCCCCCCCC(=O)NC(CS(=O)(=O)O)C(O)/C=C/CC/C=C/CC/C=C/CCCCCC. The van der Waals surface area contributed by atoms with Gasteiger partial charge in [0.05, 0.1) is 17.9 Å². The molecule has 0 aliphatic carbocycles. The molecule has 7 heteroatoms. The molecule has 0 aromatic heterocycles. The number of carbonyl (C=O) groups excluding carboxylic acids is 1. The highest BCUT2D eigenvalue weighted by molar-refractivity contribution is 7.85. The van der Waals surface area contributed by atoms with Crippen molar-refractivity contribution in [3.05, 3.63) is 60.8 Å². The maximum atomic E-state index is 12.5. The zero-order valence-corrected chi connectivity index (χ0v) is 30.2. The van der Waals surface area contributed by atoms with Crippen molar-refractivity contribution in [1.82, 2.24) is 5.32 Å². The van der Waals surface area contributed by atoms with Gasteiger partial charge in [-0.25, -0.2) is 0 Å². The molecular formula is C39H69NO5S. The van der Waals surface area contributed by atoms with Gasteiger partial charge >= 0.3 is 0 Å². The van der Waals surface area contributed by atoms with Crippen LogP contribution in [0, 0.1) is 0 Å². The van der Waals surface area contributed by atoms with Gasteiger partial charge in [0.15, 0.2) is 0 Å². The summed E-state index contributed by atoms with van der Waals surface area (Å²) in [5, 5.41) is 13.1. The quantitative estimate of drug-likeness (QED) is 0.0377. The normalized spacial score (nSPS) is 14.1. The Bertz CT molecular complexity index is 951. The molecule has 0 heterocycles. The predicted molar refractivity (Wildman–Crippen MR) is 198 cm³/mol. The maximum absolute atomic E-state index is 12.5. The molecule has 0 aliphatic rings. The third-order valence-electron chi connectivity index (χ3n) is 7.89. The van der Waals surface area contributed by atoms with Gasteiger partial charge in [0.1, 0.15) is 0 Å². The lowest BCUT2D eigenvalue weighted by molar-refractivity contribution is -0.122. The average Bonchev–Trinajstić information content (AvgIpc) is 3.01. The standard InChI is InChI=1S/C39H69NO5S/c1-3-5-7-9-11-13-15-17-19-20-21-23-25-27-29-31-33-35-39(42)40-37(36-46(43,44)45)38(41)34-32-30-28-26-24-22-18-16-14-12-10-8-6-4-2/h11,13-14,16-17,19,24,26,32,34,37-38,41H,3-10,12,15,18,20-23,25,27-31,33,35-36H2,1-2H3,(H,40,42)(H,43,44,45)/b13-11-,16-14+,19-17-,26-24+,34-32+. The monoisotopic (exact) mass is 663 g/mol. The fourth-order valence-electron chi connectivity index (χ4n) is 5.10. The van der Waals surface area contributed by atoms with E-state index in [9.17, 15) is 22.9 Å². The van der Waals surface area contributed by atoms with Crippen molar-refractivity contribution >= 4 is 16.0 Å². The summed E-state index contributed by atoms with van der Waals surface area (Å²) in [4.78, 5) is 12.5. The van der Waals surface area contributed by atoms with E-state index in [-0.39, 0.29) is 12.3 Å². The van der Waals surface area contributed by atoms with Gasteiger partial charge in [0.2, 0.25) is 5.91 Å². The zero-order valence-electron chi connectivity index (χ0n) is 29.4. The number of unbranched alkanes of at least 4 members (excludes halogenated alkanes) is 16. The number of carbonyl (C=O) groups is 1. The van der Waals surface area contributed by atoms with Crippen LogP contribution < -0.4 is 5.32 Å². The van der Waals surface area contributed by atoms with Crippen molar-refractivity contribution < 1.29 is 22.9 Å². The molecule has 2 atom stereocenters. The van der Waals surface area contributed by atoms with E-state index in [0.717, 1.165) is 57.8 Å². The highest BCUT2D eigenvalue weighted by Crippen LogP contribution is 2.11. The van der Waals surface area contributed by atoms with Crippen LogP contribution in [-0.2, 0) is 14.9 Å². The molecule has 0 spiro atoms. The molecule has 46 heavy (non-hydrogen) atoms. The Kier molecular flexibility index (Phi) is 31.6. The van der Waals surface area contributed by atoms with Crippen molar-refractivity contribution in [2.24, 2.45) is 0 Å². The van der Waals surface area contributed by atoms with Crippen LogP contribution in [0.25, 0.3) is 0 Å². The lowest BCUT2D eigenvalue weighted by atomic mass is 10.1. The Balaban J connectivity index is 4.08. The summed E-state index contributed by atoms with van der Waals surface area (Å²) in [6, 6.07) is -1.08. The molecule has 0 saturated carbocycles. The Hall–Kier alpha value is -1.96. The molecule has 0 aliphatic heterocycles. The third-order valence-corrected chi connectivity index (χ3v) is 8.67. The lowest BCUT2D eigenvalue weighted by Gasteiger charge is -2.21. The molecule has 3 N–H and O–H groups in total. The van der Waals surface area contributed by atoms with Crippen LogP contribution in [0.4, 0.5) is 0 Å². The molecule has 0 fully saturated rings. The van der Waals surface area contributed by atoms with Crippen LogP contribution in [0.3, 0.4) is 0 Å². The molecule has 1 amide bonds. The smallest absolute Gasteiger partial charge is 0.267 e. The van der Waals surface area contributed by atoms with E-state index in [1.54, 1.807) is 6.08 Å². The predicted octanol–water partition coefficient (Wildman–Crippen LogP) is 10.5. The average molecular weight is 664 g/mol. The molecule has 2 unspecified atom stereocenters. The molecule has 266 valence electrons. The Morgan fingerprint density at radius 1 is 0.587 bits per heavy atom. The molecule has 0 aromatic rings. The van der Waals surface area contributed by atoms with Gasteiger partial charge in [0.25, 0.3) is 10.1 Å². The summed E-state index contributed by atoms with van der Waals surface area (Å²) >= 11 is 0. The van der Waals surface area contributed by atoms with Crippen molar-refractivity contribution in [2.75, 3.05) is 5.75 Å². The number of rotatable bonds is 32. The van der Waals surface area contributed by atoms with Crippen LogP contribution in [0.2, 0.25) is 0 Å². The number of aliphatic hydroxyl groups excluding tert-OH is 1. The molecule has 0 saturated heterocycles. The van der Waals surface area contributed by atoms with E-state index in [1.165, 1.54) is 76.7 Å². The second-order valence-corrected chi connectivity index (χ2v) is 14.0. The largest absolute Gasteiger partial charge is 0.387 e. The summed E-state index contributed by atoms with van der Waals surface area (Å²) < 4.78 is 32.3. The second-order valence-electron chi connectivity index (χ2n) is 12.5. The first-order valence-electron chi connectivity index (χ1n) is 18.5. The molecule has 0 radical (unpaired) electrons. The number of aliphatic hydroxyl groups is 1. The lowest BCUT2D eigenvalue weighted by Crippen LogP contribution is -2.46. The minimum absolute atomic E-state index is 0.273. The van der Waals surface area contributed by atoms with Crippen LogP contribution in [0.15, 0.2) is 60.8 Å². The summed E-state index contributed by atoms with van der Waals surface area (Å²) in [6.07, 6.45) is 44.8. The van der Waals surface area contributed by atoms with E-state index in [4.69, 9.17) is 0 Å². The maximum Gasteiger partial charge on any atom is 0.267 e. The molecule has 6 nitrogen and oxygen atoms in total. The Morgan fingerprint density at radius 3 is 1.54 bits per heavy atom. The second kappa shape index (κ2) is 33.0. The first-order valence-corrected chi connectivity index (χ1v) is 20.1. The number of nitrogens with one attached hydrogen (secondary N) is 1. The minimum atomic E-state index is -4.36.